The Morgan fingerprint density at radius 2 is 2.03 bits per heavy atom. The first-order valence-electron chi connectivity index (χ1n) is 11.2. The number of piperidine rings is 1. The van der Waals surface area contributed by atoms with E-state index in [0.29, 0.717) is 33.7 Å². The zero-order valence-corrected chi connectivity index (χ0v) is 21.9. The fourth-order valence-electron chi connectivity index (χ4n) is 5.34. The van der Waals surface area contributed by atoms with E-state index in [1.54, 1.807) is 23.1 Å². The number of carbonyl (C=O) groups is 2. The van der Waals surface area contributed by atoms with Crippen LogP contribution in [0, 0.1) is 5.41 Å². The minimum absolute atomic E-state index is 0.0410. The highest BCUT2D eigenvalue weighted by Gasteiger charge is 2.64. The molecule has 1 aromatic carbocycles. The molecule has 11 heteroatoms. The number of likely N-dealkylation sites (tertiary alicyclic amines) is 1. The van der Waals surface area contributed by atoms with Crippen LogP contribution in [0.3, 0.4) is 0 Å². The summed E-state index contributed by atoms with van der Waals surface area (Å²) in [6.45, 7) is 2.18. The number of pyridine rings is 1. The van der Waals surface area contributed by atoms with Crippen molar-refractivity contribution in [1.29, 1.82) is 0 Å². The molecular weight excluding hydrogens is 578 g/mol. The number of hydrogen-bond acceptors (Lipinski definition) is 6. The molecular formula is C24H21Br2N7O2. The van der Waals surface area contributed by atoms with Crippen molar-refractivity contribution >= 4 is 77.2 Å². The molecule has 9 nitrogen and oxygen atoms in total. The van der Waals surface area contributed by atoms with E-state index in [4.69, 9.17) is 5.73 Å². The maximum absolute atomic E-state index is 13.8. The lowest BCUT2D eigenvalue weighted by molar-refractivity contribution is -0.138. The summed E-state index contributed by atoms with van der Waals surface area (Å²) in [5.41, 5.74) is 7.58. The van der Waals surface area contributed by atoms with Crippen LogP contribution in [-0.2, 0) is 16.1 Å². The molecule has 3 atom stereocenters. The molecule has 2 amide bonds. The number of nitrogens with zero attached hydrogens (tertiary/aromatic N) is 5. The Morgan fingerprint density at radius 1 is 1.20 bits per heavy atom. The first-order chi connectivity index (χ1) is 16.7. The standard InChI is InChI=1S/C24H21Br2N7O2/c1-24-8-15(23(35)31-18-4-2-3-17(26)30-18)33(16(24)9-24)19(34)10-32-14-6-5-12(25)7-13(14)20-21(27)28-11-29-22(20)32/h2-7,11,15-16H,8-10H2,1H3,(H2,27,28,29)(H,30,31,35)/t15-,16+,24-/m0/s1. The third-order valence-corrected chi connectivity index (χ3v) is 8.05. The Morgan fingerprint density at radius 3 is 2.83 bits per heavy atom. The molecule has 1 saturated carbocycles. The molecule has 0 unspecified atom stereocenters. The fourth-order valence-corrected chi connectivity index (χ4v) is 6.04. The molecule has 6 rings (SSSR count). The smallest absolute Gasteiger partial charge is 0.248 e. The summed E-state index contributed by atoms with van der Waals surface area (Å²) in [7, 11) is 0. The van der Waals surface area contributed by atoms with Crippen LogP contribution in [0.1, 0.15) is 19.8 Å². The molecule has 0 bridgehead atoms. The van der Waals surface area contributed by atoms with Crippen LogP contribution in [0.2, 0.25) is 0 Å². The van der Waals surface area contributed by atoms with Crippen LogP contribution < -0.4 is 11.1 Å². The number of nitrogens with two attached hydrogens (primary N) is 1. The van der Waals surface area contributed by atoms with Gasteiger partial charge in [-0.2, -0.15) is 0 Å². The maximum Gasteiger partial charge on any atom is 0.248 e. The monoisotopic (exact) mass is 597 g/mol. The number of aromatic nitrogens is 4. The van der Waals surface area contributed by atoms with Gasteiger partial charge in [-0.05, 0) is 64.5 Å². The van der Waals surface area contributed by atoms with Gasteiger partial charge in [0.05, 0.1) is 10.9 Å². The summed E-state index contributed by atoms with van der Waals surface area (Å²) >= 11 is 6.84. The summed E-state index contributed by atoms with van der Waals surface area (Å²) in [6.07, 6.45) is 2.92. The summed E-state index contributed by atoms with van der Waals surface area (Å²) in [4.78, 5) is 41.7. The lowest BCUT2D eigenvalue weighted by atomic mass is 10.0. The van der Waals surface area contributed by atoms with E-state index in [1.807, 2.05) is 22.8 Å². The molecule has 3 N–H and O–H groups in total. The van der Waals surface area contributed by atoms with E-state index in [-0.39, 0.29) is 29.8 Å². The van der Waals surface area contributed by atoms with Crippen molar-refractivity contribution in [1.82, 2.24) is 24.4 Å². The van der Waals surface area contributed by atoms with Crippen LogP contribution in [0.15, 0.2) is 51.8 Å². The van der Waals surface area contributed by atoms with E-state index >= 15 is 0 Å². The first kappa shape index (κ1) is 22.4. The second kappa shape index (κ2) is 7.99. The largest absolute Gasteiger partial charge is 0.383 e. The number of nitrogens with one attached hydrogen (secondary N) is 1. The average molecular weight is 599 g/mol. The SMILES string of the molecule is C[C@@]12C[C@@H](C(=O)Nc3cccc(Br)n3)N(C(=O)Cn3c4ccc(Br)cc4c4c(N)ncnc43)[C@@H]1C2. The number of rotatable bonds is 4. The van der Waals surface area contributed by atoms with Crippen LogP contribution in [0.4, 0.5) is 11.6 Å². The van der Waals surface area contributed by atoms with E-state index in [1.165, 1.54) is 6.33 Å². The van der Waals surface area contributed by atoms with E-state index in [2.05, 4.69) is 59.1 Å². The molecule has 1 aliphatic heterocycles. The molecule has 4 heterocycles. The van der Waals surface area contributed by atoms with Gasteiger partial charge >= 0.3 is 0 Å². The van der Waals surface area contributed by atoms with Crippen molar-refractivity contribution in [2.75, 3.05) is 11.1 Å². The number of benzene rings is 1. The number of hydrogen-bond donors (Lipinski definition) is 2. The van der Waals surface area contributed by atoms with Gasteiger partial charge in [-0.25, -0.2) is 15.0 Å². The second-order valence-corrected chi connectivity index (χ2v) is 11.2. The van der Waals surface area contributed by atoms with Crippen molar-refractivity contribution in [3.05, 3.63) is 51.8 Å². The quantitative estimate of drug-likeness (QED) is 0.341. The summed E-state index contributed by atoms with van der Waals surface area (Å²) in [5, 5.41) is 4.46. The van der Waals surface area contributed by atoms with Gasteiger partial charge in [0.1, 0.15) is 40.8 Å². The van der Waals surface area contributed by atoms with E-state index in [0.717, 1.165) is 21.8 Å². The summed E-state index contributed by atoms with van der Waals surface area (Å²) < 4.78 is 3.38. The molecule has 0 spiro atoms. The normalized spacial score (nSPS) is 23.0. The van der Waals surface area contributed by atoms with Crippen molar-refractivity contribution in [3.63, 3.8) is 0 Å². The lowest BCUT2D eigenvalue weighted by Gasteiger charge is -2.27. The third kappa shape index (κ3) is 3.68. The number of carbonyl (C=O) groups excluding carboxylic acids is 2. The van der Waals surface area contributed by atoms with Gasteiger partial charge in [0.25, 0.3) is 0 Å². The van der Waals surface area contributed by atoms with Crippen LogP contribution in [-0.4, -0.2) is 48.3 Å². The molecule has 2 aliphatic rings. The van der Waals surface area contributed by atoms with E-state index in [9.17, 15) is 9.59 Å². The minimum Gasteiger partial charge on any atom is -0.383 e. The fraction of sp³-hybridized carbons (Fsp3) is 0.292. The highest BCUT2D eigenvalue weighted by molar-refractivity contribution is 9.10. The van der Waals surface area contributed by atoms with Crippen LogP contribution in [0.25, 0.3) is 21.9 Å². The molecule has 3 aromatic heterocycles. The minimum atomic E-state index is -0.561. The molecule has 1 aliphatic carbocycles. The Kier molecular flexibility index (Phi) is 5.12. The van der Waals surface area contributed by atoms with Crippen molar-refractivity contribution < 1.29 is 9.59 Å². The number of halogens is 2. The number of nitrogen functional groups attached to an aromatic ring is 1. The van der Waals surface area contributed by atoms with Crippen molar-refractivity contribution in [3.8, 4) is 0 Å². The molecule has 2 fully saturated rings. The van der Waals surface area contributed by atoms with Gasteiger partial charge in [0, 0.05) is 15.9 Å². The van der Waals surface area contributed by atoms with E-state index < -0.39 is 6.04 Å². The second-order valence-electron chi connectivity index (χ2n) is 9.43. The molecule has 35 heavy (non-hydrogen) atoms. The predicted octanol–water partition coefficient (Wildman–Crippen LogP) is 4.10. The molecule has 1 saturated heterocycles. The summed E-state index contributed by atoms with van der Waals surface area (Å²) in [5.74, 6) is 0.453. The first-order valence-corrected chi connectivity index (χ1v) is 12.8. The highest BCUT2D eigenvalue weighted by Crippen LogP contribution is 2.59. The Labute approximate surface area is 217 Å². The zero-order chi connectivity index (χ0) is 24.5. The highest BCUT2D eigenvalue weighted by atomic mass is 79.9. The maximum atomic E-state index is 13.8. The van der Waals surface area contributed by atoms with Gasteiger partial charge in [-0.3, -0.25) is 9.59 Å². The van der Waals surface area contributed by atoms with Crippen LogP contribution >= 0.6 is 31.9 Å². The number of anilines is 2. The van der Waals surface area contributed by atoms with Gasteiger partial charge in [-0.1, -0.05) is 28.9 Å². The number of amides is 2. The summed E-state index contributed by atoms with van der Waals surface area (Å²) in [6, 6.07) is 10.6. The van der Waals surface area contributed by atoms with Gasteiger partial charge in [0.15, 0.2) is 0 Å². The van der Waals surface area contributed by atoms with Crippen molar-refractivity contribution in [2.24, 2.45) is 5.41 Å². The van der Waals surface area contributed by atoms with Gasteiger partial charge in [0.2, 0.25) is 11.8 Å². The predicted molar refractivity (Wildman–Crippen MR) is 139 cm³/mol. The Bertz CT molecular complexity index is 1540. The Hall–Kier alpha value is -3.05. The third-order valence-electron chi connectivity index (χ3n) is 7.12. The van der Waals surface area contributed by atoms with Crippen LogP contribution in [0.5, 0.6) is 0 Å². The number of fused-ring (bicyclic) bond motifs is 4. The lowest BCUT2D eigenvalue weighted by Crippen LogP contribution is -2.46. The zero-order valence-electron chi connectivity index (χ0n) is 18.7. The van der Waals surface area contributed by atoms with Crippen molar-refractivity contribution in [2.45, 2.75) is 38.4 Å². The average Bonchev–Trinajstić information content (AvgIpc) is 3.22. The van der Waals surface area contributed by atoms with Gasteiger partial charge in [-0.15, -0.1) is 0 Å². The molecule has 178 valence electrons. The molecule has 4 aromatic rings. The Balaban J connectivity index is 1.34. The molecule has 0 radical (unpaired) electrons. The van der Waals surface area contributed by atoms with Gasteiger partial charge < -0.3 is 20.5 Å². The topological polar surface area (TPSA) is 119 Å².